The lowest BCUT2D eigenvalue weighted by atomic mass is 10.1. The molecule has 1 atom stereocenters. The van der Waals surface area contributed by atoms with E-state index in [1.54, 1.807) is 0 Å². The molecule has 0 aliphatic heterocycles. The lowest BCUT2D eigenvalue weighted by Crippen LogP contribution is -2.42. The number of nitrogens with two attached hydrogens (primary N) is 1. The van der Waals surface area contributed by atoms with Crippen molar-refractivity contribution in [2.45, 2.75) is 59.1 Å². The van der Waals surface area contributed by atoms with E-state index in [0.29, 0.717) is 18.4 Å². The monoisotopic (exact) mass is 346 g/mol. The largest absolute Gasteiger partial charge is 0.444 e. The molecule has 6 heteroatoms. The van der Waals surface area contributed by atoms with Crippen LogP contribution in [-0.4, -0.2) is 30.2 Å². The molecule has 1 fully saturated rings. The lowest BCUT2D eigenvalue weighted by molar-refractivity contribution is 0.0500. The van der Waals surface area contributed by atoms with Gasteiger partial charge in [-0.1, -0.05) is 6.07 Å². The second kappa shape index (κ2) is 7.76. The van der Waals surface area contributed by atoms with Crippen LogP contribution in [0.3, 0.4) is 0 Å². The molecule has 0 radical (unpaired) electrons. The highest BCUT2D eigenvalue weighted by molar-refractivity contribution is 5.92. The van der Waals surface area contributed by atoms with E-state index in [1.807, 2.05) is 39.0 Å². The van der Waals surface area contributed by atoms with Crippen molar-refractivity contribution in [3.63, 3.8) is 0 Å². The average molecular weight is 346 g/mol. The van der Waals surface area contributed by atoms with Crippen LogP contribution < -0.4 is 16.4 Å². The van der Waals surface area contributed by atoms with Crippen LogP contribution in [-0.2, 0) is 4.74 Å². The number of anilines is 1. The topological polar surface area (TPSA) is 88.7 Å². The minimum Gasteiger partial charge on any atom is -0.444 e. The summed E-state index contributed by atoms with van der Waals surface area (Å²) < 4.78 is 5.33. The molecule has 1 aromatic carbocycles. The molecule has 2 rings (SSSR count). The van der Waals surface area contributed by atoms with E-state index in [1.165, 1.54) is 11.1 Å². The molecular formula is C19H30N4O2. The predicted octanol–water partition coefficient (Wildman–Crippen LogP) is 3.33. The number of carbonyl (C=O) groups excluding carboxylic acids is 1. The van der Waals surface area contributed by atoms with Gasteiger partial charge in [-0.05, 0) is 76.6 Å². The van der Waals surface area contributed by atoms with Crippen LogP contribution in [0.5, 0.6) is 0 Å². The van der Waals surface area contributed by atoms with Crippen molar-refractivity contribution in [1.82, 2.24) is 5.32 Å². The third-order valence-corrected chi connectivity index (χ3v) is 4.13. The fourth-order valence-electron chi connectivity index (χ4n) is 2.47. The molecule has 0 heterocycles. The van der Waals surface area contributed by atoms with Crippen molar-refractivity contribution in [3.8, 4) is 0 Å². The Labute approximate surface area is 150 Å². The molecule has 1 aliphatic carbocycles. The van der Waals surface area contributed by atoms with Crippen molar-refractivity contribution in [1.29, 1.82) is 0 Å². The maximum atomic E-state index is 12.0. The molecule has 1 aromatic rings. The Morgan fingerprint density at radius 2 is 2.00 bits per heavy atom. The van der Waals surface area contributed by atoms with E-state index in [9.17, 15) is 4.79 Å². The summed E-state index contributed by atoms with van der Waals surface area (Å²) in [5, 5.41) is 6.02. The third kappa shape index (κ3) is 6.64. The number of benzene rings is 1. The minimum absolute atomic E-state index is 0.0463. The number of ether oxygens (including phenoxy) is 1. The van der Waals surface area contributed by atoms with E-state index in [0.717, 1.165) is 18.5 Å². The van der Waals surface area contributed by atoms with Crippen molar-refractivity contribution in [3.05, 3.63) is 29.3 Å². The zero-order valence-electron chi connectivity index (χ0n) is 15.8. The van der Waals surface area contributed by atoms with Crippen LogP contribution in [0, 0.1) is 19.8 Å². The van der Waals surface area contributed by atoms with Crippen LogP contribution in [0.2, 0.25) is 0 Å². The molecule has 0 spiro atoms. The molecule has 4 N–H and O–H groups in total. The number of alkyl carbamates (subject to hydrolysis) is 1. The number of hydrogen-bond acceptors (Lipinski definition) is 3. The summed E-state index contributed by atoms with van der Waals surface area (Å²) in [6, 6.07) is 6.01. The fourth-order valence-corrected chi connectivity index (χ4v) is 2.47. The first-order chi connectivity index (χ1) is 11.6. The Bertz CT molecular complexity index is 645. The molecule has 138 valence electrons. The molecule has 0 aromatic heterocycles. The number of amides is 1. The van der Waals surface area contributed by atoms with Gasteiger partial charge in [0.1, 0.15) is 5.60 Å². The summed E-state index contributed by atoms with van der Waals surface area (Å²) in [5.74, 6) is 0.797. The Balaban J connectivity index is 1.91. The van der Waals surface area contributed by atoms with Crippen LogP contribution in [0.4, 0.5) is 10.5 Å². The van der Waals surface area contributed by atoms with Gasteiger partial charge < -0.3 is 21.1 Å². The maximum Gasteiger partial charge on any atom is 0.407 e. The average Bonchev–Trinajstić information content (AvgIpc) is 3.30. The number of rotatable bonds is 5. The Kier molecular flexibility index (Phi) is 5.93. The van der Waals surface area contributed by atoms with Gasteiger partial charge in [0.15, 0.2) is 5.96 Å². The van der Waals surface area contributed by atoms with Gasteiger partial charge in [0.05, 0.1) is 12.6 Å². The zero-order valence-corrected chi connectivity index (χ0v) is 15.8. The van der Waals surface area contributed by atoms with Gasteiger partial charge in [-0.3, -0.25) is 4.99 Å². The quantitative estimate of drug-likeness (QED) is 0.563. The van der Waals surface area contributed by atoms with Crippen molar-refractivity contribution in [2.24, 2.45) is 16.6 Å². The number of nitrogens with one attached hydrogen (secondary N) is 2. The number of aliphatic imine (C=N–C) groups is 1. The van der Waals surface area contributed by atoms with Crippen molar-refractivity contribution >= 4 is 17.7 Å². The first-order valence-electron chi connectivity index (χ1n) is 8.78. The van der Waals surface area contributed by atoms with Gasteiger partial charge in [-0.2, -0.15) is 0 Å². The fraction of sp³-hybridized carbons (Fsp3) is 0.579. The van der Waals surface area contributed by atoms with E-state index in [4.69, 9.17) is 10.5 Å². The number of nitrogens with zero attached hydrogens (tertiary/aromatic N) is 1. The van der Waals surface area contributed by atoms with E-state index in [2.05, 4.69) is 29.5 Å². The first kappa shape index (κ1) is 19.1. The first-order valence-corrected chi connectivity index (χ1v) is 8.78. The Morgan fingerprint density at radius 3 is 2.56 bits per heavy atom. The summed E-state index contributed by atoms with van der Waals surface area (Å²) >= 11 is 0. The normalized spacial score (nSPS) is 16.3. The van der Waals surface area contributed by atoms with Crippen LogP contribution >= 0.6 is 0 Å². The van der Waals surface area contributed by atoms with Gasteiger partial charge in [0.25, 0.3) is 0 Å². The number of hydrogen-bond donors (Lipinski definition) is 3. The minimum atomic E-state index is -0.509. The molecule has 1 aliphatic rings. The molecule has 1 saturated carbocycles. The van der Waals surface area contributed by atoms with Gasteiger partial charge in [-0.15, -0.1) is 0 Å². The molecule has 6 nitrogen and oxygen atoms in total. The molecule has 0 saturated heterocycles. The standard InChI is InChI=1S/C19H30N4O2/c1-12-6-9-15(10-13(12)2)22-17(20)21-11-16(14-7-8-14)23-18(24)25-19(3,4)5/h6,9-10,14,16H,7-8,11H2,1-5H3,(H,23,24)(H3,20,21,22). The van der Waals surface area contributed by atoms with Crippen LogP contribution in [0.25, 0.3) is 0 Å². The smallest absolute Gasteiger partial charge is 0.407 e. The van der Waals surface area contributed by atoms with Crippen molar-refractivity contribution in [2.75, 3.05) is 11.9 Å². The molecule has 1 amide bonds. The Morgan fingerprint density at radius 1 is 1.32 bits per heavy atom. The molecular weight excluding hydrogens is 316 g/mol. The maximum absolute atomic E-state index is 12.0. The number of aryl methyl sites for hydroxylation is 2. The van der Waals surface area contributed by atoms with Gasteiger partial charge in [0, 0.05) is 5.69 Å². The van der Waals surface area contributed by atoms with Gasteiger partial charge in [-0.25, -0.2) is 4.79 Å². The summed E-state index contributed by atoms with van der Waals surface area (Å²) in [6.07, 6.45) is 1.79. The van der Waals surface area contributed by atoms with Crippen molar-refractivity contribution < 1.29 is 9.53 Å². The van der Waals surface area contributed by atoms with E-state index in [-0.39, 0.29) is 6.04 Å². The second-order valence-electron chi connectivity index (χ2n) is 7.74. The summed E-state index contributed by atoms with van der Waals surface area (Å²) in [4.78, 5) is 16.4. The molecule has 25 heavy (non-hydrogen) atoms. The number of guanidine groups is 1. The summed E-state index contributed by atoms with van der Waals surface area (Å²) in [6.45, 7) is 10.1. The zero-order chi connectivity index (χ0) is 18.6. The highest BCUT2D eigenvalue weighted by atomic mass is 16.6. The second-order valence-corrected chi connectivity index (χ2v) is 7.74. The summed E-state index contributed by atoms with van der Waals surface area (Å²) in [5.41, 5.74) is 8.82. The summed E-state index contributed by atoms with van der Waals surface area (Å²) in [7, 11) is 0. The van der Waals surface area contributed by atoms with Crippen LogP contribution in [0.15, 0.2) is 23.2 Å². The Hall–Kier alpha value is -2.24. The van der Waals surface area contributed by atoms with E-state index >= 15 is 0 Å². The van der Waals surface area contributed by atoms with Gasteiger partial charge >= 0.3 is 6.09 Å². The molecule has 1 unspecified atom stereocenters. The number of carbonyl (C=O) groups is 1. The van der Waals surface area contributed by atoms with E-state index < -0.39 is 11.7 Å². The third-order valence-electron chi connectivity index (χ3n) is 4.13. The SMILES string of the molecule is Cc1ccc(NC(N)=NCC(NC(=O)OC(C)(C)C)C2CC2)cc1C. The van der Waals surface area contributed by atoms with Crippen LogP contribution in [0.1, 0.15) is 44.7 Å². The highest BCUT2D eigenvalue weighted by Crippen LogP contribution is 2.33. The lowest BCUT2D eigenvalue weighted by Gasteiger charge is -2.23. The molecule has 0 bridgehead atoms. The van der Waals surface area contributed by atoms with Gasteiger partial charge in [0.2, 0.25) is 0 Å². The highest BCUT2D eigenvalue weighted by Gasteiger charge is 2.33. The predicted molar refractivity (Wildman–Crippen MR) is 102 cm³/mol.